The summed E-state index contributed by atoms with van der Waals surface area (Å²) >= 11 is 0. The quantitative estimate of drug-likeness (QED) is 0.858. The third-order valence-corrected chi connectivity index (χ3v) is 3.39. The highest BCUT2D eigenvalue weighted by molar-refractivity contribution is 5.86. The molecule has 1 heterocycles. The first-order valence-electron chi connectivity index (χ1n) is 6.46. The van der Waals surface area contributed by atoms with Crippen LogP contribution in [0.25, 0.3) is 10.9 Å². The second-order valence-corrected chi connectivity index (χ2v) is 4.93. The van der Waals surface area contributed by atoms with Gasteiger partial charge in [0.25, 0.3) is 0 Å². The molecule has 0 aliphatic heterocycles. The van der Waals surface area contributed by atoms with E-state index in [1.165, 1.54) is 22.0 Å². The maximum atomic E-state index is 5.85. The second kappa shape index (κ2) is 4.92. The highest BCUT2D eigenvalue weighted by atomic mass is 14.9. The molecular weight excluding hydrogens is 208 g/mol. The van der Waals surface area contributed by atoms with E-state index >= 15 is 0 Å². The highest BCUT2D eigenvalue weighted by Gasteiger charge is 2.09. The van der Waals surface area contributed by atoms with E-state index < -0.39 is 0 Å². The molecule has 0 aliphatic carbocycles. The van der Waals surface area contributed by atoms with Gasteiger partial charge >= 0.3 is 0 Å². The van der Waals surface area contributed by atoms with Crippen molar-refractivity contribution in [1.29, 1.82) is 0 Å². The van der Waals surface area contributed by atoms with Crippen molar-refractivity contribution >= 4 is 10.9 Å². The van der Waals surface area contributed by atoms with Crippen LogP contribution in [-0.4, -0.2) is 10.6 Å². The third-order valence-electron chi connectivity index (χ3n) is 3.39. The van der Waals surface area contributed by atoms with Crippen molar-refractivity contribution in [2.45, 2.75) is 46.2 Å². The van der Waals surface area contributed by atoms with Crippen LogP contribution in [-0.2, 0) is 13.0 Å². The zero-order valence-corrected chi connectivity index (χ0v) is 11.0. The Balaban J connectivity index is 2.46. The Hall–Kier alpha value is -1.28. The van der Waals surface area contributed by atoms with E-state index in [0.717, 1.165) is 19.4 Å². The van der Waals surface area contributed by atoms with Crippen LogP contribution in [0.1, 0.15) is 31.4 Å². The third kappa shape index (κ3) is 2.37. The summed E-state index contributed by atoms with van der Waals surface area (Å²) < 4.78 is 2.35. The van der Waals surface area contributed by atoms with Crippen LogP contribution >= 0.6 is 0 Å². The lowest BCUT2D eigenvalue weighted by molar-refractivity contribution is 0.665. The molecule has 0 saturated heterocycles. The van der Waals surface area contributed by atoms with E-state index in [9.17, 15) is 0 Å². The fraction of sp³-hybridized carbons (Fsp3) is 0.467. The number of fused-ring (bicyclic) bond motifs is 1. The van der Waals surface area contributed by atoms with Crippen LogP contribution in [0.2, 0.25) is 0 Å². The van der Waals surface area contributed by atoms with E-state index in [0.29, 0.717) is 0 Å². The van der Waals surface area contributed by atoms with Gasteiger partial charge in [-0.15, -0.1) is 0 Å². The molecule has 0 saturated carbocycles. The molecular formula is C15H22N2. The maximum absolute atomic E-state index is 5.85. The minimum absolute atomic E-state index is 0.278. The second-order valence-electron chi connectivity index (χ2n) is 4.93. The van der Waals surface area contributed by atoms with Crippen molar-refractivity contribution in [1.82, 2.24) is 4.57 Å². The van der Waals surface area contributed by atoms with Crippen LogP contribution < -0.4 is 5.73 Å². The molecule has 0 aliphatic rings. The van der Waals surface area contributed by atoms with Crippen molar-refractivity contribution in [2.75, 3.05) is 0 Å². The van der Waals surface area contributed by atoms with Crippen LogP contribution in [0.4, 0.5) is 0 Å². The Morgan fingerprint density at radius 1 is 1.35 bits per heavy atom. The van der Waals surface area contributed by atoms with Crippen molar-refractivity contribution in [3.8, 4) is 0 Å². The van der Waals surface area contributed by atoms with E-state index in [1.54, 1.807) is 0 Å². The molecule has 0 bridgehead atoms. The molecule has 2 rings (SSSR count). The lowest BCUT2D eigenvalue weighted by atomic mass is 10.0. The lowest BCUT2D eigenvalue weighted by Gasteiger charge is -2.04. The Labute approximate surface area is 103 Å². The number of para-hydroxylation sites is 1. The van der Waals surface area contributed by atoms with Gasteiger partial charge in [-0.1, -0.05) is 18.2 Å². The molecule has 1 aromatic carbocycles. The first-order chi connectivity index (χ1) is 8.13. The topological polar surface area (TPSA) is 30.9 Å². The molecule has 2 aromatic rings. The Bertz CT molecular complexity index is 509. The summed E-state index contributed by atoms with van der Waals surface area (Å²) in [6.07, 6.45) is 4.42. The van der Waals surface area contributed by atoms with Gasteiger partial charge in [0.1, 0.15) is 0 Å². The zero-order chi connectivity index (χ0) is 12.4. The summed E-state index contributed by atoms with van der Waals surface area (Å²) in [7, 11) is 0. The average molecular weight is 230 g/mol. The largest absolute Gasteiger partial charge is 0.347 e. The van der Waals surface area contributed by atoms with E-state index in [1.807, 2.05) is 0 Å². The van der Waals surface area contributed by atoms with Crippen molar-refractivity contribution in [3.05, 3.63) is 35.5 Å². The van der Waals surface area contributed by atoms with E-state index in [-0.39, 0.29) is 6.04 Å². The number of nitrogens with two attached hydrogens (primary N) is 1. The minimum atomic E-state index is 0.278. The summed E-state index contributed by atoms with van der Waals surface area (Å²) in [5, 5.41) is 1.40. The summed E-state index contributed by atoms with van der Waals surface area (Å²) in [6, 6.07) is 6.84. The predicted molar refractivity (Wildman–Crippen MR) is 74.3 cm³/mol. The lowest BCUT2D eigenvalue weighted by Crippen LogP contribution is -2.15. The van der Waals surface area contributed by atoms with Gasteiger partial charge < -0.3 is 10.3 Å². The van der Waals surface area contributed by atoms with Crippen LogP contribution in [0.5, 0.6) is 0 Å². The SMILES string of the molecule is CCn1cc(CC[C@@H](C)N)c2cccc(C)c21. The van der Waals surface area contributed by atoms with Gasteiger partial charge in [0.15, 0.2) is 0 Å². The number of benzene rings is 1. The number of aromatic nitrogens is 1. The standard InChI is InChI=1S/C15H22N2/c1-4-17-10-13(9-8-12(3)16)14-7-5-6-11(2)15(14)17/h5-7,10,12H,4,8-9,16H2,1-3H3/t12-/m1/s1. The van der Waals surface area contributed by atoms with Gasteiger partial charge in [0, 0.05) is 24.2 Å². The van der Waals surface area contributed by atoms with Crippen molar-refractivity contribution in [3.63, 3.8) is 0 Å². The maximum Gasteiger partial charge on any atom is 0.0512 e. The molecule has 0 spiro atoms. The number of hydrogen-bond acceptors (Lipinski definition) is 1. The average Bonchev–Trinajstić information content (AvgIpc) is 2.66. The summed E-state index contributed by atoms with van der Waals surface area (Å²) in [4.78, 5) is 0. The molecule has 0 fully saturated rings. The summed E-state index contributed by atoms with van der Waals surface area (Å²) in [6.45, 7) is 7.48. The highest BCUT2D eigenvalue weighted by Crippen LogP contribution is 2.25. The normalized spacial score (nSPS) is 13.2. The monoisotopic (exact) mass is 230 g/mol. The molecule has 17 heavy (non-hydrogen) atoms. The predicted octanol–water partition coefficient (Wildman–Crippen LogP) is 3.25. The smallest absolute Gasteiger partial charge is 0.0512 e. The summed E-state index contributed by atoms with van der Waals surface area (Å²) in [5.74, 6) is 0. The molecule has 0 unspecified atom stereocenters. The van der Waals surface area contributed by atoms with Gasteiger partial charge in [-0.05, 0) is 44.7 Å². The molecule has 2 heteroatoms. The number of rotatable bonds is 4. The Morgan fingerprint density at radius 2 is 2.12 bits per heavy atom. The Kier molecular flexibility index (Phi) is 3.53. The van der Waals surface area contributed by atoms with E-state index in [2.05, 4.69) is 49.7 Å². The Morgan fingerprint density at radius 3 is 2.76 bits per heavy atom. The van der Waals surface area contributed by atoms with Crippen LogP contribution in [0.15, 0.2) is 24.4 Å². The van der Waals surface area contributed by atoms with Crippen molar-refractivity contribution in [2.24, 2.45) is 5.73 Å². The molecule has 0 amide bonds. The first-order valence-corrected chi connectivity index (χ1v) is 6.46. The van der Waals surface area contributed by atoms with E-state index in [4.69, 9.17) is 5.73 Å². The molecule has 92 valence electrons. The van der Waals surface area contributed by atoms with Gasteiger partial charge in [-0.25, -0.2) is 0 Å². The molecule has 1 atom stereocenters. The molecule has 2 nitrogen and oxygen atoms in total. The molecule has 2 N–H and O–H groups in total. The van der Waals surface area contributed by atoms with Gasteiger partial charge in [-0.2, -0.15) is 0 Å². The van der Waals surface area contributed by atoms with Gasteiger partial charge in [-0.3, -0.25) is 0 Å². The summed E-state index contributed by atoms with van der Waals surface area (Å²) in [5.41, 5.74) is 10.0. The van der Waals surface area contributed by atoms with Crippen LogP contribution in [0, 0.1) is 6.92 Å². The fourth-order valence-electron chi connectivity index (χ4n) is 2.45. The molecule has 1 aromatic heterocycles. The number of hydrogen-bond donors (Lipinski definition) is 1. The number of aryl methyl sites for hydroxylation is 3. The van der Waals surface area contributed by atoms with Gasteiger partial charge in [0.05, 0.1) is 5.52 Å². The zero-order valence-electron chi connectivity index (χ0n) is 11.0. The molecule has 0 radical (unpaired) electrons. The van der Waals surface area contributed by atoms with Gasteiger partial charge in [0.2, 0.25) is 0 Å². The van der Waals surface area contributed by atoms with Crippen molar-refractivity contribution < 1.29 is 0 Å². The minimum Gasteiger partial charge on any atom is -0.347 e. The first kappa shape index (κ1) is 12.2. The van der Waals surface area contributed by atoms with Crippen LogP contribution in [0.3, 0.4) is 0 Å². The number of nitrogens with zero attached hydrogens (tertiary/aromatic N) is 1. The fourth-order valence-corrected chi connectivity index (χ4v) is 2.45.